The first-order valence-electron chi connectivity index (χ1n) is 12.7. The summed E-state index contributed by atoms with van der Waals surface area (Å²) in [6.45, 7) is 6.86. The minimum absolute atomic E-state index is 0.00428. The number of halogens is 2. The van der Waals surface area contributed by atoms with Crippen LogP contribution in [0.25, 0.3) is 0 Å². The molecule has 0 heterocycles. The number of carbonyl (C=O) groups excluding carboxylic acids is 4. The molecule has 2 aliphatic rings. The van der Waals surface area contributed by atoms with E-state index in [1.54, 1.807) is 27.7 Å². The Balaban J connectivity index is 1.69. The van der Waals surface area contributed by atoms with Gasteiger partial charge in [-0.15, -0.1) is 0 Å². The van der Waals surface area contributed by atoms with Crippen LogP contribution >= 0.6 is 45.2 Å². The Morgan fingerprint density at radius 2 is 0.925 bits per heavy atom. The van der Waals surface area contributed by atoms with Crippen molar-refractivity contribution in [3.63, 3.8) is 0 Å². The summed E-state index contributed by atoms with van der Waals surface area (Å²) in [5, 5.41) is 0. The first kappa shape index (κ1) is 30.7. The Kier molecular flexibility index (Phi) is 8.36. The lowest BCUT2D eigenvalue weighted by Gasteiger charge is -2.29. The van der Waals surface area contributed by atoms with E-state index in [0.29, 0.717) is 0 Å². The molecule has 214 valence electrons. The maximum Gasteiger partial charge on any atom is 0.314 e. The number of ether oxygens (including phenoxy) is 4. The Bertz CT molecular complexity index is 1230. The maximum atomic E-state index is 13.7. The Morgan fingerprint density at radius 1 is 0.625 bits per heavy atom. The van der Waals surface area contributed by atoms with Crippen molar-refractivity contribution in [2.75, 3.05) is 14.2 Å². The van der Waals surface area contributed by atoms with E-state index in [1.807, 2.05) is 48.5 Å². The molecule has 4 rings (SSSR count). The lowest BCUT2D eigenvalue weighted by molar-refractivity contribution is -0.171. The van der Waals surface area contributed by atoms with E-state index >= 15 is 0 Å². The second-order valence-corrected chi connectivity index (χ2v) is 13.9. The van der Waals surface area contributed by atoms with Crippen LogP contribution in [0.15, 0.2) is 48.5 Å². The summed E-state index contributed by atoms with van der Waals surface area (Å²) in [7, 11) is 2.41. The van der Waals surface area contributed by atoms with Crippen molar-refractivity contribution >= 4 is 69.1 Å². The molecule has 2 fully saturated rings. The fraction of sp³-hybridized carbons (Fsp3) is 0.467. The molecule has 0 aromatic heterocycles. The number of benzene rings is 2. The fourth-order valence-corrected chi connectivity index (χ4v) is 7.70. The Hall–Kier alpha value is -2.22. The predicted molar refractivity (Wildman–Crippen MR) is 161 cm³/mol. The summed E-state index contributed by atoms with van der Waals surface area (Å²) >= 11 is 4.37. The molecule has 2 aromatic carbocycles. The van der Waals surface area contributed by atoms with Crippen LogP contribution in [0, 0.1) is 40.6 Å². The van der Waals surface area contributed by atoms with Gasteiger partial charge in [-0.2, -0.15) is 0 Å². The standard InChI is InChI=1S/C30H32I2O8/c1-27(2)21(23(33)39-15-17-7-11-19(31)12-8-17)29(27,25(35)37-5)30(26(36)38-6)22(28(30,3)4)24(34)40-16-18-9-13-20(32)14-10-18/h7-14,21-22H,15-16H2,1-6H3/t21?,22?,29-,30-/m1/s1. The van der Waals surface area contributed by atoms with Gasteiger partial charge in [-0.3, -0.25) is 19.2 Å². The fourth-order valence-electron chi connectivity index (χ4n) is 6.98. The smallest absolute Gasteiger partial charge is 0.314 e. The van der Waals surface area contributed by atoms with Gasteiger partial charge in [-0.05, 0) is 91.4 Å². The van der Waals surface area contributed by atoms with Crippen molar-refractivity contribution in [2.45, 2.75) is 40.9 Å². The molecule has 0 saturated heterocycles. The summed E-state index contributed by atoms with van der Waals surface area (Å²) in [5.74, 6) is -4.93. The molecular weight excluding hydrogens is 742 g/mol. The van der Waals surface area contributed by atoms with Crippen LogP contribution in [0.1, 0.15) is 38.8 Å². The van der Waals surface area contributed by atoms with Crippen LogP contribution in [0.2, 0.25) is 0 Å². The number of rotatable bonds is 9. The molecule has 2 aromatic rings. The maximum absolute atomic E-state index is 13.7. The quantitative estimate of drug-likeness (QED) is 0.192. The van der Waals surface area contributed by atoms with Gasteiger partial charge < -0.3 is 18.9 Å². The number of esters is 4. The third-order valence-corrected chi connectivity index (χ3v) is 10.3. The van der Waals surface area contributed by atoms with Gasteiger partial charge in [0.25, 0.3) is 0 Å². The topological polar surface area (TPSA) is 105 Å². The number of hydrogen-bond donors (Lipinski definition) is 0. The van der Waals surface area contributed by atoms with Crippen LogP contribution in [0.3, 0.4) is 0 Å². The first-order chi connectivity index (χ1) is 18.7. The van der Waals surface area contributed by atoms with E-state index in [0.717, 1.165) is 18.3 Å². The van der Waals surface area contributed by atoms with E-state index < -0.39 is 57.4 Å². The lowest BCUT2D eigenvalue weighted by Crippen LogP contribution is -2.44. The zero-order valence-corrected chi connectivity index (χ0v) is 27.5. The highest BCUT2D eigenvalue weighted by atomic mass is 127. The predicted octanol–water partition coefficient (Wildman–Crippen LogP) is 5.31. The normalized spacial score (nSPS) is 27.2. The minimum Gasteiger partial charge on any atom is -0.469 e. The van der Waals surface area contributed by atoms with E-state index in [-0.39, 0.29) is 13.2 Å². The third-order valence-electron chi connectivity index (χ3n) is 8.87. The summed E-state index contributed by atoms with van der Waals surface area (Å²) in [6, 6.07) is 15.0. The number of methoxy groups -OCH3 is 2. The molecule has 40 heavy (non-hydrogen) atoms. The van der Waals surface area contributed by atoms with Crippen molar-refractivity contribution in [3.05, 3.63) is 66.8 Å². The Morgan fingerprint density at radius 3 is 1.20 bits per heavy atom. The van der Waals surface area contributed by atoms with Crippen LogP contribution in [0.4, 0.5) is 0 Å². The van der Waals surface area contributed by atoms with Crippen LogP contribution in [0.5, 0.6) is 0 Å². The molecule has 2 saturated carbocycles. The SMILES string of the molecule is COC(=O)[C@]1([C@@]2(C(=O)OC)C(C(=O)OCc3ccc(I)cc3)C2(C)C)C(C(=O)OCc2ccc(I)cc2)C1(C)C. The highest BCUT2D eigenvalue weighted by Gasteiger charge is 3.00. The van der Waals surface area contributed by atoms with Crippen molar-refractivity contribution in [2.24, 2.45) is 33.5 Å². The molecule has 10 heteroatoms. The van der Waals surface area contributed by atoms with Gasteiger partial charge in [0, 0.05) is 7.14 Å². The van der Waals surface area contributed by atoms with Gasteiger partial charge in [0.2, 0.25) is 0 Å². The minimum atomic E-state index is -1.71. The Labute approximate surface area is 261 Å². The molecule has 0 bridgehead atoms. The van der Waals surface area contributed by atoms with Gasteiger partial charge in [-0.1, -0.05) is 52.0 Å². The van der Waals surface area contributed by atoms with Crippen LogP contribution in [-0.4, -0.2) is 38.1 Å². The summed E-state index contributed by atoms with van der Waals surface area (Å²) in [6.07, 6.45) is 0. The van der Waals surface area contributed by atoms with Gasteiger partial charge >= 0.3 is 23.9 Å². The molecule has 2 unspecified atom stereocenters. The molecule has 0 amide bonds. The third kappa shape index (κ3) is 4.44. The van der Waals surface area contributed by atoms with E-state index in [9.17, 15) is 19.2 Å². The molecule has 8 nitrogen and oxygen atoms in total. The molecule has 0 aliphatic heterocycles. The highest BCUT2D eigenvalue weighted by molar-refractivity contribution is 14.1. The largest absolute Gasteiger partial charge is 0.469 e. The van der Waals surface area contributed by atoms with E-state index in [4.69, 9.17) is 18.9 Å². The second kappa shape index (κ2) is 10.9. The van der Waals surface area contributed by atoms with Crippen LogP contribution in [-0.2, 0) is 51.3 Å². The first-order valence-corrected chi connectivity index (χ1v) is 14.9. The van der Waals surface area contributed by atoms with Crippen molar-refractivity contribution in [1.29, 1.82) is 0 Å². The average molecular weight is 774 g/mol. The highest BCUT2D eigenvalue weighted by Crippen LogP contribution is 2.90. The monoisotopic (exact) mass is 774 g/mol. The zero-order chi connectivity index (χ0) is 29.7. The molecule has 4 atom stereocenters. The van der Waals surface area contributed by atoms with Gasteiger partial charge in [0.05, 0.1) is 26.1 Å². The summed E-state index contributed by atoms with van der Waals surface area (Å²) < 4.78 is 23.9. The molecule has 0 radical (unpaired) electrons. The molecule has 2 aliphatic carbocycles. The van der Waals surface area contributed by atoms with Crippen molar-refractivity contribution < 1.29 is 38.1 Å². The molecular formula is C30H32I2O8. The van der Waals surface area contributed by atoms with Gasteiger partial charge in [-0.25, -0.2) is 0 Å². The lowest BCUT2D eigenvalue weighted by atomic mass is 9.73. The number of carbonyl (C=O) groups is 4. The van der Waals surface area contributed by atoms with E-state index in [1.165, 1.54) is 14.2 Å². The van der Waals surface area contributed by atoms with Gasteiger partial charge in [0.15, 0.2) is 0 Å². The summed E-state index contributed by atoms with van der Waals surface area (Å²) in [5.41, 5.74) is -4.02. The second-order valence-electron chi connectivity index (χ2n) is 11.4. The average Bonchev–Trinajstić information content (AvgIpc) is 3.67. The van der Waals surface area contributed by atoms with Crippen LogP contribution < -0.4 is 0 Å². The van der Waals surface area contributed by atoms with Crippen molar-refractivity contribution in [1.82, 2.24) is 0 Å². The zero-order valence-electron chi connectivity index (χ0n) is 23.2. The summed E-state index contributed by atoms with van der Waals surface area (Å²) in [4.78, 5) is 54.7. The van der Waals surface area contributed by atoms with Crippen molar-refractivity contribution in [3.8, 4) is 0 Å². The molecule has 0 spiro atoms. The van der Waals surface area contributed by atoms with Gasteiger partial charge in [0.1, 0.15) is 24.0 Å². The number of hydrogen-bond acceptors (Lipinski definition) is 8. The van der Waals surface area contributed by atoms with E-state index in [2.05, 4.69) is 45.2 Å². The molecule has 0 N–H and O–H groups in total.